The van der Waals surface area contributed by atoms with E-state index >= 15 is 0 Å². The Morgan fingerprint density at radius 2 is 1.80 bits per heavy atom. The molecule has 1 unspecified atom stereocenters. The maximum absolute atomic E-state index is 5.21. The molecule has 0 radical (unpaired) electrons. The number of hydrogen-bond acceptors (Lipinski definition) is 3. The summed E-state index contributed by atoms with van der Waals surface area (Å²) in [5.74, 6) is 1.28. The smallest absolute Gasteiger partial charge is 0.137 e. The molecule has 0 spiro atoms. The van der Waals surface area contributed by atoms with E-state index < -0.39 is 0 Å². The number of nitrogens with zero attached hydrogens (tertiary/aromatic N) is 2. The van der Waals surface area contributed by atoms with Crippen molar-refractivity contribution in [2.75, 3.05) is 18.6 Å². The number of ether oxygens (including phenoxy) is 1. The SMILES string of the molecule is COc1ccc(CC2CN(Cc3ccccc3)c3ccccc32)nc1. The largest absolute Gasteiger partial charge is 0.495 e. The van der Waals surface area contributed by atoms with E-state index in [1.165, 1.54) is 16.8 Å². The van der Waals surface area contributed by atoms with Crippen molar-refractivity contribution in [1.82, 2.24) is 4.98 Å². The van der Waals surface area contributed by atoms with Crippen LogP contribution in [0.5, 0.6) is 5.75 Å². The lowest BCUT2D eigenvalue weighted by molar-refractivity contribution is 0.412. The number of rotatable bonds is 5. The summed E-state index contributed by atoms with van der Waals surface area (Å²) in [6.07, 6.45) is 2.75. The molecular weight excluding hydrogens is 308 g/mol. The minimum absolute atomic E-state index is 0.473. The molecule has 25 heavy (non-hydrogen) atoms. The van der Waals surface area contributed by atoms with Gasteiger partial charge in [-0.3, -0.25) is 4.98 Å². The Bertz CT molecular complexity index is 830. The van der Waals surface area contributed by atoms with Gasteiger partial charge < -0.3 is 9.64 Å². The maximum Gasteiger partial charge on any atom is 0.137 e. The highest BCUT2D eigenvalue weighted by molar-refractivity contribution is 5.60. The van der Waals surface area contributed by atoms with Gasteiger partial charge in [0.1, 0.15) is 5.75 Å². The van der Waals surface area contributed by atoms with E-state index in [4.69, 9.17) is 4.74 Å². The van der Waals surface area contributed by atoms with Crippen LogP contribution in [0.25, 0.3) is 0 Å². The first-order chi connectivity index (χ1) is 12.3. The topological polar surface area (TPSA) is 25.4 Å². The minimum atomic E-state index is 0.473. The van der Waals surface area contributed by atoms with E-state index in [9.17, 15) is 0 Å². The van der Waals surface area contributed by atoms with Gasteiger partial charge in [-0.1, -0.05) is 48.5 Å². The average Bonchev–Trinajstić information content (AvgIpc) is 3.01. The number of hydrogen-bond donors (Lipinski definition) is 0. The van der Waals surface area contributed by atoms with E-state index in [0.29, 0.717) is 5.92 Å². The van der Waals surface area contributed by atoms with Crippen LogP contribution in [0.2, 0.25) is 0 Å². The molecule has 0 saturated heterocycles. The van der Waals surface area contributed by atoms with Crippen LogP contribution in [0.1, 0.15) is 22.7 Å². The number of aromatic nitrogens is 1. The molecule has 3 nitrogen and oxygen atoms in total. The predicted molar refractivity (Wildman–Crippen MR) is 101 cm³/mol. The lowest BCUT2D eigenvalue weighted by Crippen LogP contribution is -2.22. The third-order valence-corrected chi connectivity index (χ3v) is 4.86. The normalized spacial score (nSPS) is 15.9. The van der Waals surface area contributed by atoms with E-state index in [1.54, 1.807) is 13.3 Å². The summed E-state index contributed by atoms with van der Waals surface area (Å²) in [6, 6.07) is 23.5. The Hall–Kier alpha value is -2.81. The fourth-order valence-electron chi connectivity index (χ4n) is 3.62. The molecule has 2 aromatic carbocycles. The summed E-state index contributed by atoms with van der Waals surface area (Å²) in [5, 5.41) is 0. The first-order valence-electron chi connectivity index (χ1n) is 8.70. The van der Waals surface area contributed by atoms with Gasteiger partial charge in [0.05, 0.1) is 13.3 Å². The zero-order chi connectivity index (χ0) is 17.1. The van der Waals surface area contributed by atoms with Crippen LogP contribution in [-0.2, 0) is 13.0 Å². The molecule has 1 aliphatic heterocycles. The lowest BCUT2D eigenvalue weighted by atomic mass is 9.96. The Labute approximate surface area is 148 Å². The molecule has 0 amide bonds. The molecule has 1 aliphatic rings. The maximum atomic E-state index is 5.21. The van der Waals surface area contributed by atoms with Crippen molar-refractivity contribution in [2.24, 2.45) is 0 Å². The zero-order valence-corrected chi connectivity index (χ0v) is 14.4. The van der Waals surface area contributed by atoms with E-state index in [1.807, 2.05) is 6.07 Å². The van der Waals surface area contributed by atoms with Gasteiger partial charge in [0.15, 0.2) is 0 Å². The van der Waals surface area contributed by atoms with Crippen LogP contribution >= 0.6 is 0 Å². The summed E-state index contributed by atoms with van der Waals surface area (Å²) < 4.78 is 5.21. The quantitative estimate of drug-likeness (QED) is 0.692. The van der Waals surface area contributed by atoms with Crippen molar-refractivity contribution in [3.63, 3.8) is 0 Å². The second kappa shape index (κ2) is 6.98. The Balaban J connectivity index is 1.55. The van der Waals surface area contributed by atoms with Crippen LogP contribution in [0.3, 0.4) is 0 Å². The van der Waals surface area contributed by atoms with Crippen LogP contribution < -0.4 is 9.64 Å². The second-order valence-corrected chi connectivity index (χ2v) is 6.52. The fourth-order valence-corrected chi connectivity index (χ4v) is 3.62. The van der Waals surface area contributed by atoms with E-state index in [-0.39, 0.29) is 0 Å². The zero-order valence-electron chi connectivity index (χ0n) is 14.4. The molecule has 0 bridgehead atoms. The summed E-state index contributed by atoms with van der Waals surface area (Å²) in [4.78, 5) is 7.04. The van der Waals surface area contributed by atoms with Gasteiger partial charge in [0.2, 0.25) is 0 Å². The number of methoxy groups -OCH3 is 1. The van der Waals surface area contributed by atoms with Crippen molar-refractivity contribution in [3.8, 4) is 5.75 Å². The molecule has 1 atom stereocenters. The highest BCUT2D eigenvalue weighted by atomic mass is 16.5. The molecule has 126 valence electrons. The molecule has 0 N–H and O–H groups in total. The standard InChI is InChI=1S/C22H22N2O/c1-25-20-12-11-19(23-14-20)13-18-16-24(15-17-7-3-2-4-8-17)22-10-6-5-9-21(18)22/h2-12,14,18H,13,15-16H2,1H3. The summed E-state index contributed by atoms with van der Waals surface area (Å²) in [6.45, 7) is 1.98. The molecule has 1 aromatic heterocycles. The summed E-state index contributed by atoms with van der Waals surface area (Å²) >= 11 is 0. The van der Waals surface area contributed by atoms with Crippen molar-refractivity contribution in [3.05, 3.63) is 89.7 Å². The Morgan fingerprint density at radius 1 is 1.00 bits per heavy atom. The number of anilines is 1. The third kappa shape index (κ3) is 3.36. The van der Waals surface area contributed by atoms with Crippen LogP contribution in [0, 0.1) is 0 Å². The summed E-state index contributed by atoms with van der Waals surface area (Å²) in [7, 11) is 1.67. The highest BCUT2D eigenvalue weighted by Gasteiger charge is 2.28. The highest BCUT2D eigenvalue weighted by Crippen LogP contribution is 2.38. The van der Waals surface area contributed by atoms with Gasteiger partial charge >= 0.3 is 0 Å². The number of pyridine rings is 1. The van der Waals surface area contributed by atoms with Gasteiger partial charge in [0, 0.05) is 30.4 Å². The number of para-hydroxylation sites is 1. The van der Waals surface area contributed by atoms with Gasteiger partial charge in [-0.2, -0.15) is 0 Å². The van der Waals surface area contributed by atoms with Gasteiger partial charge in [-0.15, -0.1) is 0 Å². The molecular formula is C22H22N2O. The number of fused-ring (bicyclic) bond motifs is 1. The van der Waals surface area contributed by atoms with Crippen LogP contribution in [0.15, 0.2) is 72.9 Å². The minimum Gasteiger partial charge on any atom is -0.495 e. The molecule has 0 fully saturated rings. The monoisotopic (exact) mass is 330 g/mol. The fraction of sp³-hybridized carbons (Fsp3) is 0.227. The average molecular weight is 330 g/mol. The predicted octanol–water partition coefficient (Wildman–Crippen LogP) is 4.44. The van der Waals surface area contributed by atoms with Gasteiger partial charge in [-0.05, 0) is 35.7 Å². The molecule has 3 aromatic rings. The van der Waals surface area contributed by atoms with E-state index in [0.717, 1.165) is 31.0 Å². The summed E-state index contributed by atoms with van der Waals surface area (Å²) in [5.41, 5.74) is 5.24. The first kappa shape index (κ1) is 15.7. The van der Waals surface area contributed by atoms with Crippen molar-refractivity contribution >= 4 is 5.69 Å². The van der Waals surface area contributed by atoms with Crippen molar-refractivity contribution < 1.29 is 4.74 Å². The van der Waals surface area contributed by atoms with Crippen molar-refractivity contribution in [2.45, 2.75) is 18.9 Å². The second-order valence-electron chi connectivity index (χ2n) is 6.52. The van der Waals surface area contributed by atoms with Crippen LogP contribution in [-0.4, -0.2) is 18.6 Å². The molecule has 2 heterocycles. The molecule has 3 heteroatoms. The van der Waals surface area contributed by atoms with Gasteiger partial charge in [-0.25, -0.2) is 0 Å². The third-order valence-electron chi connectivity index (χ3n) is 4.86. The first-order valence-corrected chi connectivity index (χ1v) is 8.70. The van der Waals surface area contributed by atoms with E-state index in [2.05, 4.69) is 70.5 Å². The van der Waals surface area contributed by atoms with Crippen LogP contribution in [0.4, 0.5) is 5.69 Å². The molecule has 0 aliphatic carbocycles. The van der Waals surface area contributed by atoms with Crippen molar-refractivity contribution in [1.29, 1.82) is 0 Å². The molecule has 4 rings (SSSR count). The molecule has 0 saturated carbocycles. The van der Waals surface area contributed by atoms with Gasteiger partial charge in [0.25, 0.3) is 0 Å². The lowest BCUT2D eigenvalue weighted by Gasteiger charge is -2.20. The Kier molecular flexibility index (Phi) is 4.38. The number of benzene rings is 2. The Morgan fingerprint density at radius 3 is 2.56 bits per heavy atom.